The number of carbonyl (C=O) groups is 1. The average Bonchev–Trinajstić information content (AvgIpc) is 2.67. The van der Waals surface area contributed by atoms with E-state index in [0.29, 0.717) is 23.3 Å². The summed E-state index contributed by atoms with van der Waals surface area (Å²) in [5, 5.41) is 3.59. The van der Waals surface area contributed by atoms with Crippen molar-refractivity contribution in [3.8, 4) is 0 Å². The van der Waals surface area contributed by atoms with Crippen LogP contribution in [0.15, 0.2) is 42.6 Å². The molecule has 1 aliphatic rings. The summed E-state index contributed by atoms with van der Waals surface area (Å²) in [4.78, 5) is 19.1. The summed E-state index contributed by atoms with van der Waals surface area (Å²) in [5.74, 6) is -0.160. The molecule has 1 atom stereocenters. The highest BCUT2D eigenvalue weighted by Crippen LogP contribution is 2.25. The summed E-state index contributed by atoms with van der Waals surface area (Å²) >= 11 is 5.87. The molecule has 0 spiro atoms. The van der Waals surface area contributed by atoms with Gasteiger partial charge < -0.3 is 10.2 Å². The first-order valence-corrected chi connectivity index (χ1v) is 9.30. The summed E-state index contributed by atoms with van der Waals surface area (Å²) in [6.45, 7) is 3.76. The topological polar surface area (TPSA) is 45.2 Å². The minimum Gasteiger partial charge on any atom is -0.367 e. The molecule has 5 heteroatoms. The van der Waals surface area contributed by atoms with E-state index in [1.807, 2.05) is 42.6 Å². The van der Waals surface area contributed by atoms with Crippen molar-refractivity contribution in [2.45, 2.75) is 45.2 Å². The molecular weight excluding hydrogens is 334 g/mol. The number of carbonyl (C=O) groups excluding carboxylic acids is 1. The highest BCUT2D eigenvalue weighted by atomic mass is 35.5. The van der Waals surface area contributed by atoms with Crippen LogP contribution >= 0.6 is 11.6 Å². The van der Waals surface area contributed by atoms with Crippen LogP contribution in [0.2, 0.25) is 5.02 Å². The third-order valence-corrected chi connectivity index (χ3v) is 5.03. The van der Waals surface area contributed by atoms with Crippen LogP contribution in [0.5, 0.6) is 0 Å². The molecule has 0 radical (unpaired) electrons. The highest BCUT2D eigenvalue weighted by Gasteiger charge is 2.21. The Balaban J connectivity index is 1.61. The van der Waals surface area contributed by atoms with E-state index in [2.05, 4.69) is 22.1 Å². The lowest BCUT2D eigenvalue weighted by atomic mass is 9.99. The zero-order valence-corrected chi connectivity index (χ0v) is 15.3. The van der Waals surface area contributed by atoms with Gasteiger partial charge in [-0.15, -0.1) is 0 Å². The van der Waals surface area contributed by atoms with Crippen molar-refractivity contribution < 1.29 is 4.79 Å². The van der Waals surface area contributed by atoms with Crippen LogP contribution in [0.25, 0.3) is 0 Å². The number of pyridine rings is 1. The first kappa shape index (κ1) is 17.7. The van der Waals surface area contributed by atoms with Gasteiger partial charge in [0.25, 0.3) is 5.91 Å². The fourth-order valence-electron chi connectivity index (χ4n) is 3.33. The van der Waals surface area contributed by atoms with Crippen molar-refractivity contribution in [3.63, 3.8) is 0 Å². The molecule has 2 heterocycles. The number of amides is 1. The molecule has 3 rings (SSSR count). The van der Waals surface area contributed by atoms with Crippen molar-refractivity contribution in [2.75, 3.05) is 11.4 Å². The maximum Gasteiger partial charge on any atom is 0.270 e. The van der Waals surface area contributed by atoms with Crippen LogP contribution in [0.1, 0.15) is 48.7 Å². The molecule has 1 aromatic carbocycles. The second-order valence-corrected chi connectivity index (χ2v) is 6.90. The van der Waals surface area contributed by atoms with Crippen LogP contribution in [-0.4, -0.2) is 23.5 Å². The van der Waals surface area contributed by atoms with E-state index < -0.39 is 0 Å². The molecule has 0 bridgehead atoms. The molecule has 1 aliphatic heterocycles. The first-order valence-electron chi connectivity index (χ1n) is 8.92. The summed E-state index contributed by atoms with van der Waals surface area (Å²) in [6.07, 6.45) is 6.72. The normalized spacial score (nSPS) is 17.4. The number of nitrogens with zero attached hydrogens (tertiary/aromatic N) is 2. The second kappa shape index (κ2) is 8.34. The van der Waals surface area contributed by atoms with Crippen molar-refractivity contribution in [2.24, 2.45) is 0 Å². The first-order chi connectivity index (χ1) is 12.2. The minimum atomic E-state index is -0.160. The predicted octanol–water partition coefficient (Wildman–Crippen LogP) is 4.43. The fourth-order valence-corrected chi connectivity index (χ4v) is 3.46. The van der Waals surface area contributed by atoms with Gasteiger partial charge in [0.2, 0.25) is 0 Å². The predicted molar refractivity (Wildman–Crippen MR) is 102 cm³/mol. The van der Waals surface area contributed by atoms with Gasteiger partial charge in [0.1, 0.15) is 5.69 Å². The van der Waals surface area contributed by atoms with E-state index in [-0.39, 0.29) is 5.91 Å². The molecule has 0 saturated carbocycles. The average molecular weight is 358 g/mol. The lowest BCUT2D eigenvalue weighted by Gasteiger charge is -2.37. The van der Waals surface area contributed by atoms with E-state index in [1.54, 1.807) is 0 Å². The molecule has 1 aromatic heterocycles. The molecule has 0 aliphatic carbocycles. The van der Waals surface area contributed by atoms with Gasteiger partial charge >= 0.3 is 0 Å². The maximum absolute atomic E-state index is 12.3. The Hall–Kier alpha value is -2.07. The zero-order chi connectivity index (χ0) is 17.6. The van der Waals surface area contributed by atoms with Gasteiger partial charge in [-0.1, -0.05) is 30.7 Å². The Morgan fingerprint density at radius 1 is 1.24 bits per heavy atom. The van der Waals surface area contributed by atoms with Crippen molar-refractivity contribution in [3.05, 3.63) is 58.9 Å². The number of aromatic nitrogens is 1. The van der Waals surface area contributed by atoms with Crippen LogP contribution in [0, 0.1) is 0 Å². The number of halogens is 1. The summed E-state index contributed by atoms with van der Waals surface area (Å²) in [7, 11) is 0. The van der Waals surface area contributed by atoms with Gasteiger partial charge in [0.05, 0.1) is 11.9 Å². The van der Waals surface area contributed by atoms with E-state index in [4.69, 9.17) is 11.6 Å². The van der Waals surface area contributed by atoms with E-state index >= 15 is 0 Å². The summed E-state index contributed by atoms with van der Waals surface area (Å²) in [5.41, 5.74) is 2.57. The van der Waals surface area contributed by atoms with Crippen molar-refractivity contribution in [1.29, 1.82) is 0 Å². The number of piperidine rings is 1. The van der Waals surface area contributed by atoms with Gasteiger partial charge in [-0.05, 0) is 55.5 Å². The van der Waals surface area contributed by atoms with Crippen LogP contribution < -0.4 is 10.2 Å². The van der Waals surface area contributed by atoms with Gasteiger partial charge in [0, 0.05) is 24.2 Å². The van der Waals surface area contributed by atoms with E-state index in [1.165, 1.54) is 19.3 Å². The number of benzene rings is 1. The quantitative estimate of drug-likeness (QED) is 0.860. The van der Waals surface area contributed by atoms with Gasteiger partial charge in [-0.3, -0.25) is 4.79 Å². The molecule has 2 aromatic rings. The Kier molecular flexibility index (Phi) is 5.92. The van der Waals surface area contributed by atoms with Gasteiger partial charge in [0.15, 0.2) is 0 Å². The zero-order valence-electron chi connectivity index (χ0n) is 14.5. The Morgan fingerprint density at radius 3 is 2.72 bits per heavy atom. The number of nitrogens with one attached hydrogen (secondary N) is 1. The third-order valence-electron chi connectivity index (χ3n) is 4.78. The minimum absolute atomic E-state index is 0.160. The van der Waals surface area contributed by atoms with Crippen molar-refractivity contribution >= 4 is 23.2 Å². The van der Waals surface area contributed by atoms with Crippen LogP contribution in [0.3, 0.4) is 0 Å². The molecule has 25 heavy (non-hydrogen) atoms. The molecule has 1 amide bonds. The standard InChI is InChI=1S/C20H24ClN3O/c1-2-17-5-3-4-12-24(17)18-10-11-19(22-14-18)20(25)23-13-15-6-8-16(21)9-7-15/h6-11,14,17H,2-5,12-13H2,1H3,(H,23,25). The van der Waals surface area contributed by atoms with Crippen molar-refractivity contribution in [1.82, 2.24) is 10.3 Å². The summed E-state index contributed by atoms with van der Waals surface area (Å²) < 4.78 is 0. The van der Waals surface area contributed by atoms with E-state index in [9.17, 15) is 4.79 Å². The number of hydrogen-bond acceptors (Lipinski definition) is 3. The smallest absolute Gasteiger partial charge is 0.270 e. The van der Waals surface area contributed by atoms with E-state index in [0.717, 1.165) is 24.2 Å². The number of anilines is 1. The number of hydrogen-bond donors (Lipinski definition) is 1. The molecule has 4 nitrogen and oxygen atoms in total. The molecular formula is C20H24ClN3O. The molecule has 132 valence electrons. The van der Waals surface area contributed by atoms with Crippen LogP contribution in [0.4, 0.5) is 5.69 Å². The number of rotatable bonds is 5. The molecule has 1 N–H and O–H groups in total. The molecule has 1 fully saturated rings. The lowest BCUT2D eigenvalue weighted by Crippen LogP contribution is -2.39. The lowest BCUT2D eigenvalue weighted by molar-refractivity contribution is 0.0946. The maximum atomic E-state index is 12.3. The fraction of sp³-hybridized carbons (Fsp3) is 0.400. The second-order valence-electron chi connectivity index (χ2n) is 6.46. The Bertz CT molecular complexity index is 700. The SMILES string of the molecule is CCC1CCCCN1c1ccc(C(=O)NCc2ccc(Cl)cc2)nc1. The Labute approximate surface area is 154 Å². The molecule has 1 unspecified atom stereocenters. The van der Waals surface area contributed by atoms with Crippen LogP contribution in [-0.2, 0) is 6.54 Å². The van der Waals surface area contributed by atoms with Gasteiger partial charge in [-0.25, -0.2) is 4.98 Å². The summed E-state index contributed by atoms with van der Waals surface area (Å²) in [6, 6.07) is 11.9. The Morgan fingerprint density at radius 2 is 2.04 bits per heavy atom. The largest absolute Gasteiger partial charge is 0.367 e. The monoisotopic (exact) mass is 357 g/mol. The molecule has 1 saturated heterocycles. The van der Waals surface area contributed by atoms with Gasteiger partial charge in [-0.2, -0.15) is 0 Å². The third kappa shape index (κ3) is 4.51. The highest BCUT2D eigenvalue weighted by molar-refractivity contribution is 6.30.